The molecule has 0 unspecified atom stereocenters. The Hall–Kier alpha value is -0.250. The summed E-state index contributed by atoms with van der Waals surface area (Å²) in [5.41, 5.74) is 6.62. The summed E-state index contributed by atoms with van der Waals surface area (Å²) in [5, 5.41) is 0.484. The van der Waals surface area contributed by atoms with E-state index in [9.17, 15) is 4.39 Å². The average Bonchev–Trinajstić information content (AvgIpc) is 2.07. The second kappa shape index (κ2) is 5.19. The van der Waals surface area contributed by atoms with Crippen LogP contribution >= 0.6 is 23.4 Å². The fraction of sp³-hybridized carbons (Fsp3) is 0.455. The SMILES string of the molecule is CC(C)(N)CSCc1ccc(F)cc1Cl. The van der Waals surface area contributed by atoms with Gasteiger partial charge in [0.25, 0.3) is 0 Å². The van der Waals surface area contributed by atoms with E-state index in [4.69, 9.17) is 17.3 Å². The van der Waals surface area contributed by atoms with E-state index < -0.39 is 0 Å². The number of halogens is 2. The van der Waals surface area contributed by atoms with Crippen LogP contribution in [0.15, 0.2) is 18.2 Å². The summed E-state index contributed by atoms with van der Waals surface area (Å²) in [6, 6.07) is 4.48. The molecule has 0 saturated heterocycles. The van der Waals surface area contributed by atoms with Crippen molar-refractivity contribution in [2.45, 2.75) is 25.1 Å². The van der Waals surface area contributed by atoms with E-state index in [2.05, 4.69) is 0 Å². The third-order valence-corrected chi connectivity index (χ3v) is 3.56. The first-order valence-electron chi connectivity index (χ1n) is 4.69. The van der Waals surface area contributed by atoms with Crippen molar-refractivity contribution in [3.63, 3.8) is 0 Å². The second-order valence-corrected chi connectivity index (χ2v) is 5.61. The standard InChI is InChI=1S/C11H15ClFNS/c1-11(2,14)7-15-6-8-3-4-9(13)5-10(8)12/h3-5H,6-7,14H2,1-2H3. The largest absolute Gasteiger partial charge is 0.325 e. The summed E-state index contributed by atoms with van der Waals surface area (Å²) < 4.78 is 12.7. The molecule has 0 fully saturated rings. The van der Waals surface area contributed by atoms with E-state index in [0.29, 0.717) is 5.02 Å². The van der Waals surface area contributed by atoms with Crippen LogP contribution in [0.3, 0.4) is 0 Å². The second-order valence-electron chi connectivity index (χ2n) is 4.22. The highest BCUT2D eigenvalue weighted by Gasteiger charge is 2.11. The van der Waals surface area contributed by atoms with Crippen molar-refractivity contribution < 1.29 is 4.39 Å². The molecular formula is C11H15ClFNS. The number of hydrogen-bond donors (Lipinski definition) is 1. The normalized spacial score (nSPS) is 11.8. The molecule has 0 radical (unpaired) electrons. The molecule has 15 heavy (non-hydrogen) atoms. The van der Waals surface area contributed by atoms with Gasteiger partial charge in [-0.05, 0) is 31.5 Å². The quantitative estimate of drug-likeness (QED) is 0.882. The summed E-state index contributed by atoms with van der Waals surface area (Å²) in [5.74, 6) is 1.31. The zero-order valence-corrected chi connectivity index (χ0v) is 10.5. The maximum Gasteiger partial charge on any atom is 0.124 e. The minimum Gasteiger partial charge on any atom is -0.325 e. The van der Waals surface area contributed by atoms with Gasteiger partial charge < -0.3 is 5.73 Å². The first kappa shape index (κ1) is 12.8. The molecule has 1 aromatic rings. The Labute approximate surface area is 99.2 Å². The summed E-state index contributed by atoms with van der Waals surface area (Å²) in [4.78, 5) is 0. The molecule has 2 N–H and O–H groups in total. The van der Waals surface area contributed by atoms with Crippen LogP contribution in [0.1, 0.15) is 19.4 Å². The van der Waals surface area contributed by atoms with E-state index in [-0.39, 0.29) is 11.4 Å². The highest BCUT2D eigenvalue weighted by molar-refractivity contribution is 7.98. The lowest BCUT2D eigenvalue weighted by atomic mass is 10.1. The number of thioether (sulfide) groups is 1. The minimum absolute atomic E-state index is 0.183. The summed E-state index contributed by atoms with van der Waals surface area (Å²) in [7, 11) is 0. The summed E-state index contributed by atoms with van der Waals surface area (Å²) in [6.45, 7) is 3.96. The Bertz CT molecular complexity index is 336. The van der Waals surface area contributed by atoms with Crippen LogP contribution in [0.4, 0.5) is 4.39 Å². The molecule has 0 aliphatic carbocycles. The van der Waals surface area contributed by atoms with Gasteiger partial charge in [0.15, 0.2) is 0 Å². The lowest BCUT2D eigenvalue weighted by Crippen LogP contribution is -2.34. The fourth-order valence-corrected chi connectivity index (χ4v) is 2.48. The zero-order chi connectivity index (χ0) is 11.5. The van der Waals surface area contributed by atoms with Gasteiger partial charge in [-0.1, -0.05) is 17.7 Å². The molecule has 0 saturated carbocycles. The van der Waals surface area contributed by atoms with Crippen LogP contribution in [-0.4, -0.2) is 11.3 Å². The van der Waals surface area contributed by atoms with Crippen molar-refractivity contribution >= 4 is 23.4 Å². The van der Waals surface area contributed by atoms with Crippen molar-refractivity contribution in [3.05, 3.63) is 34.6 Å². The van der Waals surface area contributed by atoms with Gasteiger partial charge in [-0.2, -0.15) is 11.8 Å². The summed E-state index contributed by atoms with van der Waals surface area (Å²) in [6.07, 6.45) is 0. The maximum atomic E-state index is 12.7. The zero-order valence-electron chi connectivity index (χ0n) is 8.89. The number of nitrogens with two attached hydrogens (primary N) is 1. The number of rotatable bonds is 4. The Balaban J connectivity index is 2.51. The minimum atomic E-state index is -0.298. The van der Waals surface area contributed by atoms with Gasteiger partial charge in [0.05, 0.1) is 0 Å². The predicted octanol–water partition coefficient (Wildman–Crippen LogP) is 3.45. The third kappa shape index (κ3) is 4.87. The monoisotopic (exact) mass is 247 g/mol. The number of hydrogen-bond acceptors (Lipinski definition) is 2. The number of benzene rings is 1. The summed E-state index contributed by atoms with van der Waals surface area (Å²) >= 11 is 7.60. The van der Waals surface area contributed by atoms with Gasteiger partial charge in [-0.3, -0.25) is 0 Å². The van der Waals surface area contributed by atoms with Crippen LogP contribution in [0.5, 0.6) is 0 Å². The van der Waals surface area contributed by atoms with Gasteiger partial charge in [0, 0.05) is 22.1 Å². The van der Waals surface area contributed by atoms with Crippen molar-refractivity contribution in [2.24, 2.45) is 5.73 Å². The molecule has 0 aliphatic heterocycles. The molecule has 1 nitrogen and oxygen atoms in total. The molecular weight excluding hydrogens is 233 g/mol. The molecule has 0 bridgehead atoms. The molecule has 0 heterocycles. The van der Waals surface area contributed by atoms with Crippen molar-refractivity contribution in [1.82, 2.24) is 0 Å². The van der Waals surface area contributed by atoms with Crippen LogP contribution in [0.2, 0.25) is 5.02 Å². The molecule has 4 heteroatoms. The van der Waals surface area contributed by atoms with Crippen LogP contribution in [0.25, 0.3) is 0 Å². The van der Waals surface area contributed by atoms with Gasteiger partial charge in [0.1, 0.15) is 5.82 Å². The molecule has 0 amide bonds. The van der Waals surface area contributed by atoms with Crippen molar-refractivity contribution in [2.75, 3.05) is 5.75 Å². The molecule has 0 spiro atoms. The van der Waals surface area contributed by atoms with Gasteiger partial charge >= 0.3 is 0 Å². The van der Waals surface area contributed by atoms with Gasteiger partial charge in [-0.15, -0.1) is 0 Å². The van der Waals surface area contributed by atoms with Crippen LogP contribution in [0, 0.1) is 5.82 Å². The lowest BCUT2D eigenvalue weighted by molar-refractivity contribution is 0.591. The lowest BCUT2D eigenvalue weighted by Gasteiger charge is -2.17. The van der Waals surface area contributed by atoms with E-state index in [1.165, 1.54) is 12.1 Å². The fourth-order valence-electron chi connectivity index (χ4n) is 1.06. The van der Waals surface area contributed by atoms with E-state index >= 15 is 0 Å². The van der Waals surface area contributed by atoms with Crippen molar-refractivity contribution in [3.8, 4) is 0 Å². The van der Waals surface area contributed by atoms with E-state index in [1.807, 2.05) is 13.8 Å². The van der Waals surface area contributed by atoms with Crippen LogP contribution in [-0.2, 0) is 5.75 Å². The predicted molar refractivity (Wildman–Crippen MR) is 65.8 cm³/mol. The highest BCUT2D eigenvalue weighted by atomic mass is 35.5. The molecule has 0 atom stereocenters. The Morgan fingerprint density at radius 1 is 1.47 bits per heavy atom. The average molecular weight is 248 g/mol. The highest BCUT2D eigenvalue weighted by Crippen LogP contribution is 2.23. The Morgan fingerprint density at radius 3 is 2.67 bits per heavy atom. The molecule has 0 aliphatic rings. The Kier molecular flexibility index (Phi) is 4.44. The first-order valence-corrected chi connectivity index (χ1v) is 6.22. The van der Waals surface area contributed by atoms with E-state index in [1.54, 1.807) is 17.8 Å². The van der Waals surface area contributed by atoms with E-state index in [0.717, 1.165) is 17.1 Å². The molecule has 84 valence electrons. The maximum absolute atomic E-state index is 12.7. The molecule has 1 aromatic carbocycles. The third-order valence-electron chi connectivity index (χ3n) is 1.75. The van der Waals surface area contributed by atoms with Crippen LogP contribution < -0.4 is 5.73 Å². The van der Waals surface area contributed by atoms with Crippen molar-refractivity contribution in [1.29, 1.82) is 0 Å². The molecule has 0 aromatic heterocycles. The molecule has 1 rings (SSSR count). The topological polar surface area (TPSA) is 26.0 Å². The Morgan fingerprint density at radius 2 is 2.13 bits per heavy atom. The smallest absolute Gasteiger partial charge is 0.124 e. The van der Waals surface area contributed by atoms with Gasteiger partial charge in [0.2, 0.25) is 0 Å². The first-order chi connectivity index (χ1) is 6.88. The van der Waals surface area contributed by atoms with Gasteiger partial charge in [-0.25, -0.2) is 4.39 Å².